The number of aromatic nitrogens is 2. The molecule has 188 valence electrons. The second-order valence-corrected chi connectivity index (χ2v) is 8.86. The highest BCUT2D eigenvalue weighted by Crippen LogP contribution is 2.23. The maximum Gasteiger partial charge on any atom is 0.322 e. The Morgan fingerprint density at radius 2 is 1.71 bits per heavy atom. The van der Waals surface area contributed by atoms with Crippen molar-refractivity contribution in [2.75, 3.05) is 39.3 Å². The summed E-state index contributed by atoms with van der Waals surface area (Å²) >= 11 is 0. The Kier molecular flexibility index (Phi) is 9.39. The second-order valence-electron chi connectivity index (χ2n) is 8.86. The lowest BCUT2D eigenvalue weighted by molar-refractivity contribution is 0.155. The van der Waals surface area contributed by atoms with Gasteiger partial charge in [0.05, 0.1) is 30.1 Å². The number of nitrogens with one attached hydrogen (secondary N) is 1. The minimum Gasteiger partial charge on any atom is -0.385 e. The Morgan fingerprint density at radius 3 is 2.37 bits per heavy atom. The zero-order chi connectivity index (χ0) is 25.4. The third-order valence-corrected chi connectivity index (χ3v) is 6.09. The molecular weight excluding hydrogens is 444 g/mol. The fourth-order valence-electron chi connectivity index (χ4n) is 4.04. The molecule has 1 heterocycles. The van der Waals surface area contributed by atoms with Crippen LogP contribution in [0.25, 0.3) is 10.9 Å². The van der Waals surface area contributed by atoms with Crippen molar-refractivity contribution in [2.45, 2.75) is 45.7 Å². The maximum atomic E-state index is 13.4. The number of urea groups is 1. The minimum atomic E-state index is -0.462. The maximum absolute atomic E-state index is 13.4. The summed E-state index contributed by atoms with van der Waals surface area (Å²) < 4.78 is 12.1. The lowest BCUT2D eigenvalue weighted by Gasteiger charge is -2.30. The zero-order valence-electron chi connectivity index (χ0n) is 21.3. The molecule has 3 aromatic rings. The standard InChI is InChI=1S/C27H36N4O4/c1-19(2)21-11-13-22(14-12-21)28-27(33)30(15-8-17-34-4)20(3)25-29-24-10-7-6-9-23(24)26(32)31(25)16-18-35-5/h6-7,9-14,19-20H,8,15-18H2,1-5H3,(H,28,33). The number of methoxy groups -OCH3 is 2. The summed E-state index contributed by atoms with van der Waals surface area (Å²) in [4.78, 5) is 33.3. The third-order valence-electron chi connectivity index (χ3n) is 6.09. The van der Waals surface area contributed by atoms with Crippen molar-refractivity contribution in [3.63, 3.8) is 0 Å². The normalized spacial score (nSPS) is 12.2. The van der Waals surface area contributed by atoms with E-state index in [0.717, 1.165) is 0 Å². The molecule has 0 spiro atoms. The number of hydrogen-bond acceptors (Lipinski definition) is 5. The summed E-state index contributed by atoms with van der Waals surface area (Å²) in [6, 6.07) is 14.4. The molecule has 3 rings (SSSR count). The number of carbonyl (C=O) groups is 1. The zero-order valence-corrected chi connectivity index (χ0v) is 21.3. The fourth-order valence-corrected chi connectivity index (χ4v) is 4.04. The van der Waals surface area contributed by atoms with Gasteiger partial charge in [0.2, 0.25) is 0 Å². The van der Waals surface area contributed by atoms with Crippen LogP contribution < -0.4 is 10.9 Å². The van der Waals surface area contributed by atoms with Gasteiger partial charge in [0, 0.05) is 33.1 Å². The largest absolute Gasteiger partial charge is 0.385 e. The summed E-state index contributed by atoms with van der Waals surface area (Å²) in [5, 5.41) is 3.55. The van der Waals surface area contributed by atoms with E-state index in [1.807, 2.05) is 49.4 Å². The van der Waals surface area contributed by atoms with E-state index in [1.165, 1.54) is 5.56 Å². The molecule has 1 atom stereocenters. The van der Waals surface area contributed by atoms with Crippen molar-refractivity contribution < 1.29 is 14.3 Å². The number of rotatable bonds is 11. The molecule has 0 aliphatic carbocycles. The van der Waals surface area contributed by atoms with Crippen LogP contribution in [0.2, 0.25) is 0 Å². The smallest absolute Gasteiger partial charge is 0.322 e. The van der Waals surface area contributed by atoms with E-state index in [-0.39, 0.29) is 11.6 Å². The lowest BCUT2D eigenvalue weighted by atomic mass is 10.0. The number of amides is 2. The molecule has 2 amide bonds. The van der Waals surface area contributed by atoms with E-state index in [4.69, 9.17) is 14.5 Å². The van der Waals surface area contributed by atoms with Crippen LogP contribution in [0.5, 0.6) is 0 Å². The molecule has 1 aromatic heterocycles. The monoisotopic (exact) mass is 480 g/mol. The van der Waals surface area contributed by atoms with Gasteiger partial charge in [-0.1, -0.05) is 38.1 Å². The number of fused-ring (bicyclic) bond motifs is 1. The van der Waals surface area contributed by atoms with Gasteiger partial charge in [-0.3, -0.25) is 9.36 Å². The number of anilines is 1. The Morgan fingerprint density at radius 1 is 1.03 bits per heavy atom. The summed E-state index contributed by atoms with van der Waals surface area (Å²) in [5.74, 6) is 0.932. The van der Waals surface area contributed by atoms with E-state index in [1.54, 1.807) is 29.8 Å². The fraction of sp³-hybridized carbons (Fsp3) is 0.444. The van der Waals surface area contributed by atoms with Crippen LogP contribution in [0.15, 0.2) is 53.3 Å². The quantitative estimate of drug-likeness (QED) is 0.399. The van der Waals surface area contributed by atoms with E-state index in [9.17, 15) is 9.59 Å². The average Bonchev–Trinajstić information content (AvgIpc) is 2.86. The molecule has 1 unspecified atom stereocenters. The summed E-state index contributed by atoms with van der Waals surface area (Å²) in [5.41, 5.74) is 2.38. The van der Waals surface area contributed by atoms with E-state index < -0.39 is 6.04 Å². The number of carbonyl (C=O) groups excluding carboxylic acids is 1. The van der Waals surface area contributed by atoms with Gasteiger partial charge in [-0.25, -0.2) is 9.78 Å². The van der Waals surface area contributed by atoms with Crippen molar-refractivity contribution >= 4 is 22.6 Å². The number of para-hydroxylation sites is 1. The molecule has 0 saturated heterocycles. The topological polar surface area (TPSA) is 85.7 Å². The molecule has 0 bridgehead atoms. The molecule has 0 aliphatic rings. The molecular formula is C27H36N4O4. The van der Waals surface area contributed by atoms with Crippen LogP contribution in [-0.4, -0.2) is 54.5 Å². The number of benzene rings is 2. The van der Waals surface area contributed by atoms with Gasteiger partial charge in [0.15, 0.2) is 0 Å². The van der Waals surface area contributed by atoms with Gasteiger partial charge < -0.3 is 19.7 Å². The minimum absolute atomic E-state index is 0.143. The van der Waals surface area contributed by atoms with Crippen molar-refractivity contribution in [1.82, 2.24) is 14.5 Å². The van der Waals surface area contributed by atoms with Crippen molar-refractivity contribution in [3.05, 3.63) is 70.3 Å². The average molecular weight is 481 g/mol. The summed E-state index contributed by atoms with van der Waals surface area (Å²) in [6.45, 7) is 7.82. The van der Waals surface area contributed by atoms with Crippen LogP contribution in [0, 0.1) is 0 Å². The first-order valence-electron chi connectivity index (χ1n) is 12.0. The van der Waals surface area contributed by atoms with Gasteiger partial charge in [-0.05, 0) is 49.1 Å². The Hall–Kier alpha value is -3.23. The summed E-state index contributed by atoms with van der Waals surface area (Å²) in [7, 11) is 3.23. The molecule has 8 nitrogen and oxygen atoms in total. The first kappa shape index (κ1) is 26.4. The number of ether oxygens (including phenoxy) is 2. The molecule has 35 heavy (non-hydrogen) atoms. The van der Waals surface area contributed by atoms with E-state index in [0.29, 0.717) is 61.1 Å². The molecule has 2 aromatic carbocycles. The number of nitrogens with zero attached hydrogens (tertiary/aromatic N) is 3. The predicted octanol–water partition coefficient (Wildman–Crippen LogP) is 4.80. The Labute approximate surface area is 206 Å². The predicted molar refractivity (Wildman–Crippen MR) is 139 cm³/mol. The first-order valence-corrected chi connectivity index (χ1v) is 12.0. The lowest BCUT2D eigenvalue weighted by Crippen LogP contribution is -2.41. The molecule has 0 aliphatic heterocycles. The van der Waals surface area contributed by atoms with Crippen LogP contribution in [0.1, 0.15) is 50.5 Å². The highest BCUT2D eigenvalue weighted by molar-refractivity contribution is 5.89. The van der Waals surface area contributed by atoms with Crippen LogP contribution in [0.3, 0.4) is 0 Å². The highest BCUT2D eigenvalue weighted by atomic mass is 16.5. The van der Waals surface area contributed by atoms with Gasteiger partial charge in [-0.15, -0.1) is 0 Å². The van der Waals surface area contributed by atoms with E-state index in [2.05, 4.69) is 19.2 Å². The third kappa shape index (κ3) is 6.46. The van der Waals surface area contributed by atoms with Crippen LogP contribution in [0.4, 0.5) is 10.5 Å². The van der Waals surface area contributed by atoms with Gasteiger partial charge in [-0.2, -0.15) is 0 Å². The molecule has 1 N–H and O–H groups in total. The van der Waals surface area contributed by atoms with E-state index >= 15 is 0 Å². The molecule has 0 radical (unpaired) electrons. The van der Waals surface area contributed by atoms with Crippen molar-refractivity contribution in [1.29, 1.82) is 0 Å². The molecule has 8 heteroatoms. The molecule has 0 fully saturated rings. The van der Waals surface area contributed by atoms with Crippen LogP contribution in [-0.2, 0) is 16.0 Å². The second kappa shape index (κ2) is 12.5. The molecule has 0 saturated carbocycles. The summed E-state index contributed by atoms with van der Waals surface area (Å²) in [6.07, 6.45) is 0.649. The van der Waals surface area contributed by atoms with Gasteiger partial charge in [0.1, 0.15) is 5.82 Å². The van der Waals surface area contributed by atoms with Gasteiger partial charge >= 0.3 is 6.03 Å². The first-order chi connectivity index (χ1) is 16.9. The Bertz CT molecular complexity index is 1170. The van der Waals surface area contributed by atoms with Crippen molar-refractivity contribution in [3.8, 4) is 0 Å². The highest BCUT2D eigenvalue weighted by Gasteiger charge is 2.26. The van der Waals surface area contributed by atoms with Crippen molar-refractivity contribution in [2.24, 2.45) is 0 Å². The Balaban J connectivity index is 1.97. The van der Waals surface area contributed by atoms with Gasteiger partial charge in [0.25, 0.3) is 5.56 Å². The number of hydrogen-bond donors (Lipinski definition) is 1. The SMILES string of the molecule is COCCCN(C(=O)Nc1ccc(C(C)C)cc1)C(C)c1nc2ccccc2c(=O)n1CCOC. The van der Waals surface area contributed by atoms with Crippen LogP contribution >= 0.6 is 0 Å².